The summed E-state index contributed by atoms with van der Waals surface area (Å²) < 4.78 is 0. The van der Waals surface area contributed by atoms with Gasteiger partial charge in [0.1, 0.15) is 0 Å². The second-order valence-electron chi connectivity index (χ2n) is 6.20. The Kier molecular flexibility index (Phi) is 5.20. The molecule has 0 radical (unpaired) electrons. The van der Waals surface area contributed by atoms with Gasteiger partial charge in [-0.15, -0.1) is 0 Å². The maximum Gasteiger partial charge on any atom is 0.317 e. The zero-order valence-corrected chi connectivity index (χ0v) is 12.4. The lowest BCUT2D eigenvalue weighted by Gasteiger charge is -2.38. The van der Waals surface area contributed by atoms with E-state index in [0.717, 1.165) is 19.4 Å². The average molecular weight is 270 g/mol. The van der Waals surface area contributed by atoms with Crippen molar-refractivity contribution in [3.05, 3.63) is 0 Å². The third-order valence-corrected chi connectivity index (χ3v) is 4.08. The first-order valence-corrected chi connectivity index (χ1v) is 7.05. The summed E-state index contributed by atoms with van der Waals surface area (Å²) in [6.45, 7) is 8.35. The minimum absolute atomic E-state index is 0.139. The summed E-state index contributed by atoms with van der Waals surface area (Å²) in [7, 11) is 0. The molecule has 0 saturated carbocycles. The maximum atomic E-state index is 12.2. The molecule has 1 aliphatic heterocycles. The molecule has 1 rings (SSSR count). The highest BCUT2D eigenvalue weighted by molar-refractivity contribution is 5.77. The Bertz CT molecular complexity index is 342. The van der Waals surface area contributed by atoms with Crippen molar-refractivity contribution in [2.45, 2.75) is 53.0 Å². The van der Waals surface area contributed by atoms with E-state index in [1.54, 1.807) is 13.8 Å². The maximum absolute atomic E-state index is 12.2. The molecular formula is C14H26N2O3. The van der Waals surface area contributed by atoms with E-state index in [4.69, 9.17) is 5.11 Å². The van der Waals surface area contributed by atoms with E-state index in [9.17, 15) is 9.59 Å². The molecule has 2 N–H and O–H groups in total. The lowest BCUT2D eigenvalue weighted by atomic mass is 9.91. The van der Waals surface area contributed by atoms with Crippen LogP contribution in [0.5, 0.6) is 0 Å². The van der Waals surface area contributed by atoms with E-state index in [1.807, 2.05) is 11.8 Å². The van der Waals surface area contributed by atoms with Crippen LogP contribution in [0.3, 0.4) is 0 Å². The molecule has 1 fully saturated rings. The molecule has 5 nitrogen and oxygen atoms in total. The summed E-state index contributed by atoms with van der Waals surface area (Å²) in [6.07, 6.45) is 3.27. The van der Waals surface area contributed by atoms with Crippen molar-refractivity contribution in [1.82, 2.24) is 10.2 Å². The largest absolute Gasteiger partial charge is 0.481 e. The van der Waals surface area contributed by atoms with Crippen molar-refractivity contribution in [1.29, 1.82) is 0 Å². The van der Waals surface area contributed by atoms with Gasteiger partial charge in [0.25, 0.3) is 0 Å². The number of nitrogens with one attached hydrogen (secondary N) is 1. The highest BCUT2D eigenvalue weighted by atomic mass is 16.4. The first-order chi connectivity index (χ1) is 8.77. The number of hydrogen-bond donors (Lipinski definition) is 2. The summed E-state index contributed by atoms with van der Waals surface area (Å²) in [6, 6.07) is 0.0933. The van der Waals surface area contributed by atoms with Crippen molar-refractivity contribution in [2.24, 2.45) is 11.3 Å². The topological polar surface area (TPSA) is 69.6 Å². The van der Waals surface area contributed by atoms with Crippen LogP contribution in [0.15, 0.2) is 0 Å². The summed E-state index contributed by atoms with van der Waals surface area (Å²) in [5, 5.41) is 11.8. The summed E-state index contributed by atoms with van der Waals surface area (Å²) in [4.78, 5) is 25.0. The molecule has 0 spiro atoms. The Labute approximate surface area is 115 Å². The number of rotatable bonds is 4. The zero-order valence-electron chi connectivity index (χ0n) is 12.4. The normalized spacial score (nSPS) is 24.1. The monoisotopic (exact) mass is 270 g/mol. The van der Waals surface area contributed by atoms with Crippen molar-refractivity contribution >= 4 is 12.0 Å². The fraction of sp³-hybridized carbons (Fsp3) is 0.857. The smallest absolute Gasteiger partial charge is 0.317 e. The van der Waals surface area contributed by atoms with Crippen molar-refractivity contribution in [3.63, 3.8) is 0 Å². The molecule has 0 aromatic heterocycles. The number of piperidine rings is 1. The fourth-order valence-electron chi connectivity index (χ4n) is 2.27. The van der Waals surface area contributed by atoms with Crippen LogP contribution in [0.2, 0.25) is 0 Å². The number of carbonyl (C=O) groups excluding carboxylic acids is 1. The van der Waals surface area contributed by atoms with E-state index in [0.29, 0.717) is 5.92 Å². The Morgan fingerprint density at radius 3 is 2.53 bits per heavy atom. The van der Waals surface area contributed by atoms with Crippen LogP contribution in [-0.2, 0) is 4.79 Å². The van der Waals surface area contributed by atoms with Crippen LogP contribution in [0.4, 0.5) is 4.79 Å². The standard InChI is InChI=1S/C14H26N2O3/c1-5-11-7-6-10(2)16(8-11)13(19)15-9-14(3,4)12(17)18/h10-11H,5-9H2,1-4H3,(H,15,19)(H,17,18). The van der Waals surface area contributed by atoms with Crippen LogP contribution in [-0.4, -0.2) is 41.1 Å². The Morgan fingerprint density at radius 1 is 1.37 bits per heavy atom. The second-order valence-corrected chi connectivity index (χ2v) is 6.20. The minimum atomic E-state index is -0.932. The van der Waals surface area contributed by atoms with Gasteiger partial charge in [-0.2, -0.15) is 0 Å². The predicted molar refractivity (Wildman–Crippen MR) is 74.0 cm³/mol. The van der Waals surface area contributed by atoms with Crippen LogP contribution in [0.25, 0.3) is 0 Å². The second kappa shape index (κ2) is 6.26. The van der Waals surface area contributed by atoms with Gasteiger partial charge in [0.2, 0.25) is 0 Å². The molecule has 0 aromatic rings. The van der Waals surface area contributed by atoms with E-state index in [2.05, 4.69) is 12.2 Å². The number of amides is 2. The van der Waals surface area contributed by atoms with Crippen molar-refractivity contribution in [3.8, 4) is 0 Å². The molecule has 2 unspecified atom stereocenters. The summed E-state index contributed by atoms with van der Waals surface area (Å²) >= 11 is 0. The lowest BCUT2D eigenvalue weighted by molar-refractivity contribution is -0.146. The highest BCUT2D eigenvalue weighted by Crippen LogP contribution is 2.24. The molecule has 1 heterocycles. The van der Waals surface area contributed by atoms with Gasteiger partial charge in [0, 0.05) is 19.1 Å². The fourth-order valence-corrected chi connectivity index (χ4v) is 2.27. The highest BCUT2D eigenvalue weighted by Gasteiger charge is 2.31. The Hall–Kier alpha value is -1.26. The predicted octanol–water partition coefficient (Wildman–Crippen LogP) is 2.32. The lowest BCUT2D eigenvalue weighted by Crippen LogP contribution is -2.52. The van der Waals surface area contributed by atoms with E-state index >= 15 is 0 Å². The van der Waals surface area contributed by atoms with Crippen LogP contribution >= 0.6 is 0 Å². The molecule has 0 aromatic carbocycles. The van der Waals surface area contributed by atoms with Gasteiger partial charge in [-0.25, -0.2) is 4.79 Å². The molecular weight excluding hydrogens is 244 g/mol. The molecule has 1 saturated heterocycles. The number of urea groups is 1. The molecule has 0 bridgehead atoms. The molecule has 2 amide bonds. The van der Waals surface area contributed by atoms with Gasteiger partial charge in [-0.3, -0.25) is 4.79 Å². The number of aliphatic carboxylic acids is 1. The number of likely N-dealkylation sites (tertiary alicyclic amines) is 1. The summed E-state index contributed by atoms with van der Waals surface area (Å²) in [5.74, 6) is -0.333. The molecule has 1 aliphatic rings. The first kappa shape index (κ1) is 15.8. The zero-order chi connectivity index (χ0) is 14.6. The van der Waals surface area contributed by atoms with Gasteiger partial charge in [0.15, 0.2) is 0 Å². The van der Waals surface area contributed by atoms with Gasteiger partial charge in [-0.1, -0.05) is 13.3 Å². The number of carbonyl (C=O) groups is 2. The number of carboxylic acid groups (broad SMARTS) is 1. The molecule has 5 heteroatoms. The van der Waals surface area contributed by atoms with Gasteiger partial charge >= 0.3 is 12.0 Å². The summed E-state index contributed by atoms with van der Waals surface area (Å²) in [5.41, 5.74) is -0.932. The number of hydrogen-bond acceptors (Lipinski definition) is 2. The van der Waals surface area contributed by atoms with Gasteiger partial charge in [-0.05, 0) is 39.5 Å². The third kappa shape index (κ3) is 4.11. The van der Waals surface area contributed by atoms with Crippen molar-refractivity contribution < 1.29 is 14.7 Å². The van der Waals surface area contributed by atoms with Crippen LogP contribution < -0.4 is 5.32 Å². The number of nitrogens with zero attached hydrogens (tertiary/aromatic N) is 1. The molecule has 19 heavy (non-hydrogen) atoms. The molecule has 110 valence electrons. The first-order valence-electron chi connectivity index (χ1n) is 7.05. The minimum Gasteiger partial charge on any atom is -0.481 e. The Balaban J connectivity index is 2.54. The van der Waals surface area contributed by atoms with Crippen LogP contribution in [0.1, 0.15) is 47.0 Å². The van der Waals surface area contributed by atoms with Crippen LogP contribution in [0, 0.1) is 11.3 Å². The van der Waals surface area contributed by atoms with Crippen molar-refractivity contribution in [2.75, 3.05) is 13.1 Å². The Morgan fingerprint density at radius 2 is 2.00 bits per heavy atom. The molecule has 0 aliphatic carbocycles. The molecule has 2 atom stereocenters. The quantitative estimate of drug-likeness (QED) is 0.823. The third-order valence-electron chi connectivity index (χ3n) is 4.08. The van der Waals surface area contributed by atoms with E-state index in [-0.39, 0.29) is 18.6 Å². The van der Waals surface area contributed by atoms with E-state index < -0.39 is 11.4 Å². The number of carboxylic acids is 1. The van der Waals surface area contributed by atoms with Gasteiger partial charge < -0.3 is 15.3 Å². The van der Waals surface area contributed by atoms with Gasteiger partial charge in [0.05, 0.1) is 5.41 Å². The SMILES string of the molecule is CCC1CCC(C)N(C(=O)NCC(C)(C)C(=O)O)C1. The average Bonchev–Trinajstić information content (AvgIpc) is 2.36. The van der Waals surface area contributed by atoms with E-state index in [1.165, 1.54) is 6.42 Å².